The lowest BCUT2D eigenvalue weighted by Crippen LogP contribution is -2.22. The molecule has 1 aromatic rings. The van der Waals surface area contributed by atoms with Gasteiger partial charge in [0, 0.05) is 23.5 Å². The maximum Gasteiger partial charge on any atom is 0.210 e. The first kappa shape index (κ1) is 13.5. The zero-order valence-electron chi connectivity index (χ0n) is 9.43. The third-order valence-corrected chi connectivity index (χ3v) is 2.92. The van der Waals surface area contributed by atoms with E-state index in [1.807, 2.05) is 0 Å². The van der Waals surface area contributed by atoms with Crippen molar-refractivity contribution in [3.05, 3.63) is 23.8 Å². The highest BCUT2D eigenvalue weighted by molar-refractivity contribution is 7.89. The molecule has 0 saturated heterocycles. The van der Waals surface area contributed by atoms with E-state index in [0.29, 0.717) is 16.9 Å². The van der Waals surface area contributed by atoms with E-state index in [9.17, 15) is 13.2 Å². The fourth-order valence-electron chi connectivity index (χ4n) is 1.33. The lowest BCUT2D eigenvalue weighted by molar-refractivity contribution is 0.101. The molecular formula is C10H15N3O3S. The average molecular weight is 257 g/mol. The molecule has 94 valence electrons. The minimum atomic E-state index is -3.47. The minimum Gasteiger partial charge on any atom is -0.398 e. The van der Waals surface area contributed by atoms with E-state index in [4.69, 9.17) is 10.9 Å². The third-order valence-electron chi connectivity index (χ3n) is 2.15. The minimum absolute atomic E-state index is 0.112. The Morgan fingerprint density at radius 2 is 2.06 bits per heavy atom. The Balaban J connectivity index is 2.68. The van der Waals surface area contributed by atoms with E-state index in [1.54, 1.807) is 18.2 Å². The van der Waals surface area contributed by atoms with E-state index in [0.717, 1.165) is 0 Å². The third kappa shape index (κ3) is 4.41. The quantitative estimate of drug-likeness (QED) is 0.514. The molecule has 0 unspecified atom stereocenters. The molecule has 0 spiro atoms. The number of sulfonamides is 1. The van der Waals surface area contributed by atoms with E-state index in [1.165, 1.54) is 6.92 Å². The lowest BCUT2D eigenvalue weighted by Gasteiger charge is -2.08. The Morgan fingerprint density at radius 3 is 2.53 bits per heavy atom. The van der Waals surface area contributed by atoms with Crippen molar-refractivity contribution in [2.24, 2.45) is 5.14 Å². The van der Waals surface area contributed by atoms with Gasteiger partial charge in [-0.2, -0.15) is 0 Å². The summed E-state index contributed by atoms with van der Waals surface area (Å²) in [6.07, 6.45) is 0. The zero-order chi connectivity index (χ0) is 13.1. The fraction of sp³-hybridized carbons (Fsp3) is 0.300. The maximum absolute atomic E-state index is 11.1. The molecule has 5 N–H and O–H groups in total. The summed E-state index contributed by atoms with van der Waals surface area (Å²) in [6.45, 7) is 1.62. The number of carbonyl (C=O) groups is 1. The summed E-state index contributed by atoms with van der Waals surface area (Å²) in [5.41, 5.74) is 7.13. The second-order valence-electron chi connectivity index (χ2n) is 3.65. The van der Waals surface area contributed by atoms with Crippen molar-refractivity contribution in [2.75, 3.05) is 23.3 Å². The van der Waals surface area contributed by atoms with Crippen molar-refractivity contribution in [3.63, 3.8) is 0 Å². The molecule has 0 radical (unpaired) electrons. The van der Waals surface area contributed by atoms with Gasteiger partial charge in [-0.15, -0.1) is 0 Å². The molecule has 0 aromatic heterocycles. The molecule has 1 aromatic carbocycles. The molecule has 6 nitrogen and oxygen atoms in total. The molecule has 0 bridgehead atoms. The van der Waals surface area contributed by atoms with Crippen molar-refractivity contribution in [2.45, 2.75) is 6.92 Å². The number of rotatable bonds is 5. The van der Waals surface area contributed by atoms with Crippen LogP contribution in [0.25, 0.3) is 0 Å². The summed E-state index contributed by atoms with van der Waals surface area (Å²) in [5.74, 6) is -0.278. The van der Waals surface area contributed by atoms with Crippen LogP contribution < -0.4 is 16.2 Å². The van der Waals surface area contributed by atoms with Crippen LogP contribution in [-0.2, 0) is 10.0 Å². The Morgan fingerprint density at radius 1 is 1.41 bits per heavy atom. The number of benzene rings is 1. The highest BCUT2D eigenvalue weighted by atomic mass is 32.2. The van der Waals surface area contributed by atoms with Gasteiger partial charge in [-0.1, -0.05) is 0 Å². The normalized spacial score (nSPS) is 11.2. The van der Waals surface area contributed by atoms with Crippen LogP contribution in [0.5, 0.6) is 0 Å². The summed E-state index contributed by atoms with van der Waals surface area (Å²) < 4.78 is 21.4. The van der Waals surface area contributed by atoms with Gasteiger partial charge in [-0.3, -0.25) is 4.79 Å². The predicted molar refractivity (Wildman–Crippen MR) is 67.3 cm³/mol. The van der Waals surface area contributed by atoms with Gasteiger partial charge in [-0.25, -0.2) is 13.6 Å². The average Bonchev–Trinajstić information content (AvgIpc) is 2.15. The van der Waals surface area contributed by atoms with E-state index in [-0.39, 0.29) is 18.1 Å². The van der Waals surface area contributed by atoms with Crippen molar-refractivity contribution in [3.8, 4) is 0 Å². The van der Waals surface area contributed by atoms with E-state index in [2.05, 4.69) is 5.32 Å². The summed E-state index contributed by atoms with van der Waals surface area (Å²) in [4.78, 5) is 11.1. The number of hydrogen-bond acceptors (Lipinski definition) is 5. The van der Waals surface area contributed by atoms with Crippen molar-refractivity contribution in [1.29, 1.82) is 0 Å². The summed E-state index contributed by atoms with van der Waals surface area (Å²) in [5, 5.41) is 7.71. The Labute approximate surface area is 100 Å². The van der Waals surface area contributed by atoms with Gasteiger partial charge in [0.2, 0.25) is 10.0 Å². The number of carbonyl (C=O) groups excluding carboxylic acids is 1. The van der Waals surface area contributed by atoms with E-state index >= 15 is 0 Å². The number of nitrogens with two attached hydrogens (primary N) is 2. The summed E-state index contributed by atoms with van der Waals surface area (Å²) in [6, 6.07) is 4.84. The highest BCUT2D eigenvalue weighted by Crippen LogP contribution is 2.18. The van der Waals surface area contributed by atoms with Gasteiger partial charge in [0.05, 0.1) is 5.75 Å². The smallest absolute Gasteiger partial charge is 0.210 e. The molecule has 0 saturated carbocycles. The number of Topliss-reactive ketones (excluding diaryl/α,β-unsaturated/α-hetero) is 1. The highest BCUT2D eigenvalue weighted by Gasteiger charge is 2.06. The van der Waals surface area contributed by atoms with Gasteiger partial charge in [0.25, 0.3) is 0 Å². The number of nitrogens with one attached hydrogen (secondary N) is 1. The number of hydrogen-bond donors (Lipinski definition) is 3. The van der Waals surface area contributed by atoms with Crippen LogP contribution in [0.4, 0.5) is 11.4 Å². The van der Waals surface area contributed by atoms with Gasteiger partial charge in [0.1, 0.15) is 0 Å². The number of primary sulfonamides is 1. The molecule has 7 heteroatoms. The largest absolute Gasteiger partial charge is 0.398 e. The second kappa shape index (κ2) is 5.15. The fourth-order valence-corrected chi connectivity index (χ4v) is 1.72. The van der Waals surface area contributed by atoms with Crippen LogP contribution in [-0.4, -0.2) is 26.5 Å². The molecule has 0 amide bonds. The van der Waals surface area contributed by atoms with Crippen LogP contribution in [0.15, 0.2) is 18.2 Å². The first-order valence-corrected chi connectivity index (χ1v) is 6.66. The molecule has 0 aliphatic heterocycles. The SMILES string of the molecule is CC(=O)c1ccc(NCCS(N)(=O)=O)cc1N. The predicted octanol–water partition coefficient (Wildman–Crippen LogP) is 0.172. The molecule has 0 atom stereocenters. The van der Waals surface area contributed by atoms with Crippen molar-refractivity contribution in [1.82, 2.24) is 0 Å². The molecule has 0 heterocycles. The molecule has 0 aliphatic carbocycles. The number of nitrogen functional groups attached to an aromatic ring is 1. The molecule has 1 rings (SSSR count). The first-order valence-electron chi connectivity index (χ1n) is 4.94. The van der Waals surface area contributed by atoms with Gasteiger partial charge in [-0.05, 0) is 25.1 Å². The molecule has 17 heavy (non-hydrogen) atoms. The van der Waals surface area contributed by atoms with Crippen LogP contribution in [0, 0.1) is 0 Å². The summed E-state index contributed by atoms with van der Waals surface area (Å²) >= 11 is 0. The van der Waals surface area contributed by atoms with Gasteiger partial charge >= 0.3 is 0 Å². The molecular weight excluding hydrogens is 242 g/mol. The maximum atomic E-state index is 11.1. The molecule has 0 fully saturated rings. The topological polar surface area (TPSA) is 115 Å². The van der Waals surface area contributed by atoms with Crippen LogP contribution >= 0.6 is 0 Å². The van der Waals surface area contributed by atoms with Crippen molar-refractivity contribution >= 4 is 27.2 Å². The summed E-state index contributed by atoms with van der Waals surface area (Å²) in [7, 11) is -3.47. The number of ketones is 1. The van der Waals surface area contributed by atoms with Crippen LogP contribution in [0.3, 0.4) is 0 Å². The lowest BCUT2D eigenvalue weighted by atomic mass is 10.1. The Bertz CT molecular complexity index is 526. The Kier molecular flexibility index (Phi) is 4.08. The van der Waals surface area contributed by atoms with Gasteiger partial charge < -0.3 is 11.1 Å². The standard InChI is InChI=1S/C10H15N3O3S/c1-7(14)9-3-2-8(6-10(9)11)13-4-5-17(12,15)16/h2-3,6,13H,4-5,11H2,1H3,(H2,12,15,16). The van der Waals surface area contributed by atoms with E-state index < -0.39 is 10.0 Å². The second-order valence-corrected chi connectivity index (χ2v) is 5.39. The van der Waals surface area contributed by atoms with Gasteiger partial charge in [0.15, 0.2) is 5.78 Å². The van der Waals surface area contributed by atoms with Crippen LogP contribution in [0.2, 0.25) is 0 Å². The van der Waals surface area contributed by atoms with Crippen molar-refractivity contribution < 1.29 is 13.2 Å². The molecule has 0 aliphatic rings. The first-order chi connectivity index (χ1) is 7.79. The number of anilines is 2. The van der Waals surface area contributed by atoms with Crippen LogP contribution in [0.1, 0.15) is 17.3 Å². The zero-order valence-corrected chi connectivity index (χ0v) is 10.3. The monoisotopic (exact) mass is 257 g/mol. The Hall–Kier alpha value is -1.60.